The summed E-state index contributed by atoms with van der Waals surface area (Å²) in [6.45, 7) is 1.98. The van der Waals surface area contributed by atoms with Crippen LogP contribution in [0.4, 0.5) is 10.1 Å². The molecule has 26 heavy (non-hydrogen) atoms. The number of benzene rings is 2. The molecule has 0 spiro atoms. The second-order valence-electron chi connectivity index (χ2n) is 5.67. The zero-order valence-electron chi connectivity index (χ0n) is 14.0. The normalized spacial score (nSPS) is 11.0. The fraction of sp³-hybridized carbons (Fsp3) is 0.0500. The maximum absolute atomic E-state index is 13.7. The first-order valence-electron chi connectivity index (χ1n) is 7.86. The highest BCUT2D eigenvalue weighted by molar-refractivity contribution is 6.10. The summed E-state index contributed by atoms with van der Waals surface area (Å²) in [5.41, 5.74) is 3.15. The molecule has 0 saturated carbocycles. The molecular formula is C20H15FN4O. The van der Waals surface area contributed by atoms with E-state index in [0.717, 1.165) is 11.1 Å². The smallest absolute Gasteiger partial charge is 0.266 e. The van der Waals surface area contributed by atoms with Gasteiger partial charge in [-0.2, -0.15) is 10.4 Å². The Kier molecular flexibility index (Phi) is 4.90. The summed E-state index contributed by atoms with van der Waals surface area (Å²) in [7, 11) is 0. The average molecular weight is 346 g/mol. The Labute approximate surface area is 149 Å². The van der Waals surface area contributed by atoms with E-state index in [4.69, 9.17) is 0 Å². The molecule has 128 valence electrons. The summed E-state index contributed by atoms with van der Waals surface area (Å²) in [5.74, 6) is -1.25. The molecule has 0 atom stereocenters. The van der Waals surface area contributed by atoms with E-state index in [0.29, 0.717) is 11.3 Å². The van der Waals surface area contributed by atoms with Crippen molar-refractivity contribution in [2.24, 2.45) is 0 Å². The van der Waals surface area contributed by atoms with Crippen molar-refractivity contribution in [1.29, 1.82) is 5.26 Å². The third kappa shape index (κ3) is 3.68. The van der Waals surface area contributed by atoms with Gasteiger partial charge in [-0.1, -0.05) is 42.0 Å². The Morgan fingerprint density at radius 2 is 1.96 bits per heavy atom. The maximum Gasteiger partial charge on any atom is 0.266 e. The Bertz CT molecular complexity index is 1010. The Morgan fingerprint density at radius 3 is 2.65 bits per heavy atom. The van der Waals surface area contributed by atoms with Crippen LogP contribution in [-0.2, 0) is 4.79 Å². The average Bonchev–Trinajstić information content (AvgIpc) is 3.10. The molecule has 0 radical (unpaired) electrons. The first kappa shape index (κ1) is 17.1. The van der Waals surface area contributed by atoms with Gasteiger partial charge >= 0.3 is 0 Å². The van der Waals surface area contributed by atoms with Gasteiger partial charge in [-0.3, -0.25) is 9.89 Å². The number of hydrogen-bond acceptors (Lipinski definition) is 3. The lowest BCUT2D eigenvalue weighted by Crippen LogP contribution is -2.14. The molecule has 1 heterocycles. The first-order valence-corrected chi connectivity index (χ1v) is 7.86. The monoisotopic (exact) mass is 346 g/mol. The topological polar surface area (TPSA) is 81.6 Å². The van der Waals surface area contributed by atoms with Gasteiger partial charge in [-0.15, -0.1) is 0 Å². The van der Waals surface area contributed by atoms with Gasteiger partial charge in [0, 0.05) is 11.1 Å². The SMILES string of the molecule is Cc1ccc(-c2[nH]ncc2C=C(C#N)C(=O)Nc2ccccc2F)cc1. The molecule has 2 aromatic carbocycles. The number of anilines is 1. The largest absolute Gasteiger partial charge is 0.319 e. The number of aryl methyl sites for hydroxylation is 1. The quantitative estimate of drug-likeness (QED) is 0.552. The minimum Gasteiger partial charge on any atom is -0.319 e. The van der Waals surface area contributed by atoms with Crippen LogP contribution in [0.2, 0.25) is 0 Å². The second kappa shape index (κ2) is 7.45. The number of carbonyl (C=O) groups excluding carboxylic acids is 1. The number of aromatic amines is 1. The van der Waals surface area contributed by atoms with Crippen molar-refractivity contribution in [3.63, 3.8) is 0 Å². The summed E-state index contributed by atoms with van der Waals surface area (Å²) in [6, 6.07) is 15.4. The third-order valence-corrected chi connectivity index (χ3v) is 3.80. The number of H-pyrrole nitrogens is 1. The standard InChI is InChI=1S/C20H15FN4O/c1-13-6-8-14(9-7-13)19-16(12-23-25-19)10-15(11-22)20(26)24-18-5-3-2-4-17(18)21/h2-10,12H,1H3,(H,23,25)(H,24,26). The van der Waals surface area contributed by atoms with Crippen molar-refractivity contribution in [2.45, 2.75) is 6.92 Å². The van der Waals surface area contributed by atoms with Crippen molar-refractivity contribution >= 4 is 17.7 Å². The fourth-order valence-corrected chi connectivity index (χ4v) is 2.41. The van der Waals surface area contributed by atoms with E-state index in [1.165, 1.54) is 30.5 Å². The molecule has 2 N–H and O–H groups in total. The zero-order valence-corrected chi connectivity index (χ0v) is 14.0. The molecule has 0 aliphatic carbocycles. The molecule has 0 saturated heterocycles. The van der Waals surface area contributed by atoms with Crippen LogP contribution < -0.4 is 5.32 Å². The predicted octanol–water partition coefficient (Wildman–Crippen LogP) is 4.07. The van der Waals surface area contributed by atoms with Crippen LogP contribution in [0.3, 0.4) is 0 Å². The number of nitrogens with zero attached hydrogens (tertiary/aromatic N) is 2. The van der Waals surface area contributed by atoms with Crippen LogP contribution in [0, 0.1) is 24.1 Å². The number of aromatic nitrogens is 2. The highest BCUT2D eigenvalue weighted by Gasteiger charge is 2.14. The molecule has 1 amide bonds. The molecule has 6 heteroatoms. The van der Waals surface area contributed by atoms with Crippen LogP contribution in [0.5, 0.6) is 0 Å². The molecule has 3 aromatic rings. The molecule has 1 aromatic heterocycles. The molecule has 0 unspecified atom stereocenters. The molecule has 0 bridgehead atoms. The van der Waals surface area contributed by atoms with Crippen molar-refractivity contribution in [2.75, 3.05) is 5.32 Å². The second-order valence-corrected chi connectivity index (χ2v) is 5.67. The lowest BCUT2D eigenvalue weighted by atomic mass is 10.0. The Balaban J connectivity index is 1.90. The van der Waals surface area contributed by atoms with Crippen molar-refractivity contribution in [3.8, 4) is 17.3 Å². The molecule has 0 aliphatic heterocycles. The lowest BCUT2D eigenvalue weighted by Gasteiger charge is -2.05. The summed E-state index contributed by atoms with van der Waals surface area (Å²) < 4.78 is 13.7. The van der Waals surface area contributed by atoms with Crippen LogP contribution >= 0.6 is 0 Å². The molecule has 0 aliphatic rings. The first-order chi connectivity index (χ1) is 12.6. The van der Waals surface area contributed by atoms with Crippen molar-refractivity contribution < 1.29 is 9.18 Å². The lowest BCUT2D eigenvalue weighted by molar-refractivity contribution is -0.112. The molecule has 5 nitrogen and oxygen atoms in total. The van der Waals surface area contributed by atoms with Gasteiger partial charge in [0.25, 0.3) is 5.91 Å². The number of nitriles is 1. The predicted molar refractivity (Wildman–Crippen MR) is 97.4 cm³/mol. The molecule has 0 fully saturated rings. The van der Waals surface area contributed by atoms with Gasteiger partial charge in [0.05, 0.1) is 17.6 Å². The number of carbonyl (C=O) groups is 1. The number of para-hydroxylation sites is 1. The van der Waals surface area contributed by atoms with E-state index in [9.17, 15) is 14.4 Å². The number of hydrogen-bond donors (Lipinski definition) is 2. The summed E-state index contributed by atoms with van der Waals surface area (Å²) >= 11 is 0. The highest BCUT2D eigenvalue weighted by atomic mass is 19.1. The van der Waals surface area contributed by atoms with E-state index in [1.807, 2.05) is 37.3 Å². The van der Waals surface area contributed by atoms with E-state index in [-0.39, 0.29) is 11.3 Å². The third-order valence-electron chi connectivity index (χ3n) is 3.80. The minimum absolute atomic E-state index is 0.0181. The van der Waals surface area contributed by atoms with Crippen LogP contribution in [0.25, 0.3) is 17.3 Å². The number of nitrogens with one attached hydrogen (secondary N) is 2. The van der Waals surface area contributed by atoms with Gasteiger partial charge in [0.1, 0.15) is 17.5 Å². The van der Waals surface area contributed by atoms with E-state index in [1.54, 1.807) is 6.07 Å². The summed E-state index contributed by atoms with van der Waals surface area (Å²) in [6.07, 6.45) is 2.96. The van der Waals surface area contributed by atoms with Gasteiger partial charge in [-0.25, -0.2) is 4.39 Å². The van der Waals surface area contributed by atoms with Gasteiger partial charge in [0.2, 0.25) is 0 Å². The number of halogens is 1. The van der Waals surface area contributed by atoms with Gasteiger partial charge in [-0.05, 0) is 25.1 Å². The summed E-state index contributed by atoms with van der Waals surface area (Å²) in [4.78, 5) is 12.3. The van der Waals surface area contributed by atoms with Crippen molar-refractivity contribution in [3.05, 3.63) is 77.2 Å². The van der Waals surface area contributed by atoms with Crippen LogP contribution in [0.15, 0.2) is 60.3 Å². The Hall–Kier alpha value is -3.72. The Morgan fingerprint density at radius 1 is 1.23 bits per heavy atom. The number of rotatable bonds is 4. The van der Waals surface area contributed by atoms with E-state index in [2.05, 4.69) is 15.5 Å². The van der Waals surface area contributed by atoms with Crippen molar-refractivity contribution in [1.82, 2.24) is 10.2 Å². The maximum atomic E-state index is 13.7. The molecule has 3 rings (SSSR count). The minimum atomic E-state index is -0.686. The van der Waals surface area contributed by atoms with E-state index < -0.39 is 11.7 Å². The van der Waals surface area contributed by atoms with Gasteiger partial charge < -0.3 is 5.32 Å². The van der Waals surface area contributed by atoms with E-state index >= 15 is 0 Å². The van der Waals surface area contributed by atoms with Crippen LogP contribution in [0.1, 0.15) is 11.1 Å². The fourth-order valence-electron chi connectivity index (χ4n) is 2.41. The summed E-state index contributed by atoms with van der Waals surface area (Å²) in [5, 5.41) is 18.6. The number of amides is 1. The zero-order chi connectivity index (χ0) is 18.5. The van der Waals surface area contributed by atoms with Crippen LogP contribution in [-0.4, -0.2) is 16.1 Å². The highest BCUT2D eigenvalue weighted by Crippen LogP contribution is 2.24. The van der Waals surface area contributed by atoms with Gasteiger partial charge in [0.15, 0.2) is 0 Å². The molecular weight excluding hydrogens is 331 g/mol.